The lowest BCUT2D eigenvalue weighted by Gasteiger charge is -2.34. The molecule has 0 bridgehead atoms. The molecule has 1 saturated carbocycles. The van der Waals surface area contributed by atoms with Gasteiger partial charge in [-0.15, -0.1) is 0 Å². The highest BCUT2D eigenvalue weighted by Crippen LogP contribution is 2.31. The minimum absolute atomic E-state index is 0.0757. The first kappa shape index (κ1) is 15.3. The third kappa shape index (κ3) is 3.70. The fraction of sp³-hybridized carbons (Fsp3) is 0.533. The maximum atomic E-state index is 12.9. The largest absolute Gasteiger partial charge is 0.388 e. The highest BCUT2D eigenvalue weighted by Gasteiger charge is 2.32. The van der Waals surface area contributed by atoms with Gasteiger partial charge in [0.1, 0.15) is 5.82 Å². The summed E-state index contributed by atoms with van der Waals surface area (Å²) in [5.74, 6) is -0.244. The van der Waals surface area contributed by atoms with E-state index in [1.54, 1.807) is 0 Å². The average molecular weight is 300 g/mol. The second kappa shape index (κ2) is 6.10. The van der Waals surface area contributed by atoms with E-state index in [2.05, 4.69) is 12.2 Å². The minimum atomic E-state index is -0.839. The summed E-state index contributed by atoms with van der Waals surface area (Å²) in [6.45, 7) is 2.36. The summed E-state index contributed by atoms with van der Waals surface area (Å²) < 4.78 is 12.9. The molecule has 0 aliphatic heterocycles. The number of benzene rings is 1. The van der Waals surface area contributed by atoms with Crippen molar-refractivity contribution in [2.24, 2.45) is 5.92 Å². The second-order valence-electron chi connectivity index (χ2n) is 5.71. The number of carbonyl (C=O) groups is 1. The summed E-state index contributed by atoms with van der Waals surface area (Å²) in [7, 11) is 0. The second-order valence-corrected chi connectivity index (χ2v) is 6.12. The van der Waals surface area contributed by atoms with Crippen molar-refractivity contribution in [3.05, 3.63) is 34.6 Å². The van der Waals surface area contributed by atoms with E-state index in [1.807, 2.05) is 0 Å². The number of hydrogen-bond acceptors (Lipinski definition) is 2. The Kier molecular flexibility index (Phi) is 4.66. The van der Waals surface area contributed by atoms with Crippen LogP contribution in [0.15, 0.2) is 18.2 Å². The Labute approximate surface area is 123 Å². The van der Waals surface area contributed by atoms with Crippen LogP contribution in [0.5, 0.6) is 0 Å². The fourth-order valence-corrected chi connectivity index (χ4v) is 2.74. The van der Waals surface area contributed by atoms with E-state index in [4.69, 9.17) is 11.6 Å². The van der Waals surface area contributed by atoms with Crippen molar-refractivity contribution in [1.82, 2.24) is 5.32 Å². The van der Waals surface area contributed by atoms with Crippen LogP contribution in [0.3, 0.4) is 0 Å². The smallest absolute Gasteiger partial charge is 0.252 e. The predicted molar refractivity (Wildman–Crippen MR) is 76.3 cm³/mol. The van der Waals surface area contributed by atoms with Crippen LogP contribution >= 0.6 is 11.6 Å². The first-order chi connectivity index (χ1) is 9.39. The summed E-state index contributed by atoms with van der Waals surface area (Å²) in [6.07, 6.45) is 3.30. The van der Waals surface area contributed by atoms with E-state index in [0.29, 0.717) is 18.8 Å². The number of rotatable bonds is 3. The Morgan fingerprint density at radius 1 is 1.50 bits per heavy atom. The summed E-state index contributed by atoms with van der Waals surface area (Å²) in [5, 5.41) is 13.2. The summed E-state index contributed by atoms with van der Waals surface area (Å²) in [6, 6.07) is 3.64. The van der Waals surface area contributed by atoms with Gasteiger partial charge in [0.25, 0.3) is 5.91 Å². The molecule has 1 aromatic rings. The van der Waals surface area contributed by atoms with Gasteiger partial charge in [-0.25, -0.2) is 4.39 Å². The zero-order valence-corrected chi connectivity index (χ0v) is 12.2. The Morgan fingerprint density at radius 2 is 2.15 bits per heavy atom. The zero-order chi connectivity index (χ0) is 14.8. The van der Waals surface area contributed by atoms with Gasteiger partial charge in [-0.1, -0.05) is 18.5 Å². The highest BCUT2D eigenvalue weighted by atomic mass is 35.5. The molecule has 0 spiro atoms. The van der Waals surface area contributed by atoms with Gasteiger partial charge in [0.05, 0.1) is 16.2 Å². The van der Waals surface area contributed by atoms with Crippen molar-refractivity contribution in [1.29, 1.82) is 0 Å². The third-order valence-corrected chi connectivity index (χ3v) is 4.27. The van der Waals surface area contributed by atoms with Crippen molar-refractivity contribution in [3.63, 3.8) is 0 Å². The van der Waals surface area contributed by atoms with Gasteiger partial charge in [0, 0.05) is 6.54 Å². The van der Waals surface area contributed by atoms with E-state index >= 15 is 0 Å². The van der Waals surface area contributed by atoms with Gasteiger partial charge >= 0.3 is 0 Å². The SMILES string of the molecule is CC1CCC(O)(CNC(=O)c2ccc(F)cc2Cl)CC1. The van der Waals surface area contributed by atoms with Crippen molar-refractivity contribution in [3.8, 4) is 0 Å². The molecule has 5 heteroatoms. The molecule has 1 aliphatic carbocycles. The number of nitrogens with one attached hydrogen (secondary N) is 1. The number of carbonyl (C=O) groups excluding carboxylic acids is 1. The van der Waals surface area contributed by atoms with E-state index in [9.17, 15) is 14.3 Å². The van der Waals surface area contributed by atoms with Crippen LogP contribution in [0.4, 0.5) is 4.39 Å². The number of amides is 1. The Bertz CT molecular complexity index is 499. The van der Waals surface area contributed by atoms with Crippen molar-refractivity contribution in [2.45, 2.75) is 38.2 Å². The molecule has 3 nitrogen and oxygen atoms in total. The van der Waals surface area contributed by atoms with Crippen molar-refractivity contribution >= 4 is 17.5 Å². The molecule has 2 N–H and O–H groups in total. The molecule has 0 heterocycles. The molecule has 0 saturated heterocycles. The molecule has 1 aromatic carbocycles. The molecular weight excluding hydrogens is 281 g/mol. The first-order valence-electron chi connectivity index (χ1n) is 6.85. The normalized spacial score (nSPS) is 26.3. The molecule has 1 aliphatic rings. The topological polar surface area (TPSA) is 49.3 Å². The van der Waals surface area contributed by atoms with Crippen LogP contribution in [0.2, 0.25) is 5.02 Å². The molecule has 1 fully saturated rings. The van der Waals surface area contributed by atoms with Crippen molar-refractivity contribution in [2.75, 3.05) is 6.54 Å². The molecule has 0 aromatic heterocycles. The van der Waals surface area contributed by atoms with E-state index < -0.39 is 11.4 Å². The van der Waals surface area contributed by atoms with Crippen LogP contribution in [-0.2, 0) is 0 Å². The molecular formula is C15H19ClFNO2. The average Bonchev–Trinajstić information content (AvgIpc) is 2.40. The minimum Gasteiger partial charge on any atom is -0.388 e. The highest BCUT2D eigenvalue weighted by molar-refractivity contribution is 6.33. The molecule has 0 atom stereocenters. The molecule has 0 radical (unpaired) electrons. The molecule has 0 unspecified atom stereocenters. The van der Waals surface area contributed by atoms with E-state index in [-0.39, 0.29) is 23.0 Å². The van der Waals surface area contributed by atoms with E-state index in [1.165, 1.54) is 12.1 Å². The predicted octanol–water partition coefficient (Wildman–Crippen LogP) is 3.15. The van der Waals surface area contributed by atoms with Gasteiger partial charge < -0.3 is 10.4 Å². The van der Waals surface area contributed by atoms with Crippen LogP contribution < -0.4 is 5.32 Å². The fourth-order valence-electron chi connectivity index (χ4n) is 2.49. The zero-order valence-electron chi connectivity index (χ0n) is 11.5. The molecule has 1 amide bonds. The number of halogens is 2. The van der Waals surface area contributed by atoms with Gasteiger partial charge in [-0.2, -0.15) is 0 Å². The third-order valence-electron chi connectivity index (χ3n) is 3.96. The number of hydrogen-bond donors (Lipinski definition) is 2. The van der Waals surface area contributed by atoms with Crippen LogP contribution in [0, 0.1) is 11.7 Å². The Balaban J connectivity index is 1.95. The van der Waals surface area contributed by atoms with Gasteiger partial charge in [0.15, 0.2) is 0 Å². The lowest BCUT2D eigenvalue weighted by atomic mass is 9.79. The van der Waals surface area contributed by atoms with Gasteiger partial charge in [-0.05, 0) is 49.8 Å². The monoisotopic (exact) mass is 299 g/mol. The lowest BCUT2D eigenvalue weighted by Crippen LogP contribution is -2.45. The van der Waals surface area contributed by atoms with E-state index in [0.717, 1.165) is 18.9 Å². The molecule has 20 heavy (non-hydrogen) atoms. The van der Waals surface area contributed by atoms with Gasteiger partial charge in [0.2, 0.25) is 0 Å². The summed E-state index contributed by atoms with van der Waals surface area (Å²) >= 11 is 5.84. The maximum Gasteiger partial charge on any atom is 0.252 e. The van der Waals surface area contributed by atoms with Crippen LogP contribution in [0.1, 0.15) is 43.0 Å². The van der Waals surface area contributed by atoms with Crippen molar-refractivity contribution < 1.29 is 14.3 Å². The quantitative estimate of drug-likeness (QED) is 0.901. The Morgan fingerprint density at radius 3 is 2.75 bits per heavy atom. The standard InChI is InChI=1S/C15H19ClFNO2/c1-10-4-6-15(20,7-5-10)9-18-14(19)12-3-2-11(17)8-13(12)16/h2-3,8,10,20H,4-7,9H2,1H3,(H,18,19). The van der Waals surface area contributed by atoms with Crippen LogP contribution in [0.25, 0.3) is 0 Å². The van der Waals surface area contributed by atoms with Crippen LogP contribution in [-0.4, -0.2) is 23.2 Å². The lowest BCUT2D eigenvalue weighted by molar-refractivity contribution is -0.00540. The first-order valence-corrected chi connectivity index (χ1v) is 7.23. The Hall–Kier alpha value is -1.13. The summed E-state index contributed by atoms with van der Waals surface area (Å²) in [4.78, 5) is 12.0. The molecule has 110 valence electrons. The van der Waals surface area contributed by atoms with Gasteiger partial charge in [-0.3, -0.25) is 4.79 Å². The summed E-state index contributed by atoms with van der Waals surface area (Å²) in [5.41, 5.74) is -0.616. The molecule has 2 rings (SSSR count). The number of aliphatic hydroxyl groups is 1. The maximum absolute atomic E-state index is 12.9.